The van der Waals surface area contributed by atoms with E-state index in [2.05, 4.69) is 10.6 Å². The lowest BCUT2D eigenvalue weighted by atomic mass is 9.86. The maximum Gasteiger partial charge on any atom is 0.306 e. The van der Waals surface area contributed by atoms with Gasteiger partial charge < -0.3 is 15.7 Å². The van der Waals surface area contributed by atoms with E-state index < -0.39 is 5.97 Å². The van der Waals surface area contributed by atoms with E-state index in [-0.39, 0.29) is 23.8 Å². The van der Waals surface area contributed by atoms with Gasteiger partial charge in [0.2, 0.25) is 5.91 Å². The third-order valence-corrected chi connectivity index (χ3v) is 4.17. The standard InChI is InChI=1S/C17H22N2O4/c1-11(20)18-10-12-2-4-13(5-3-12)16(21)19-15-8-6-14(7-9-15)17(22)23/h2-5,14-15H,6-10H2,1H3,(H,18,20)(H,19,21)(H,22,23). The van der Waals surface area contributed by atoms with Crippen LogP contribution in [0.15, 0.2) is 24.3 Å². The average Bonchev–Trinajstić information content (AvgIpc) is 2.54. The van der Waals surface area contributed by atoms with Gasteiger partial charge in [-0.1, -0.05) is 12.1 Å². The molecule has 0 aliphatic heterocycles. The number of carboxylic acid groups (broad SMARTS) is 1. The van der Waals surface area contributed by atoms with Crippen molar-refractivity contribution in [2.24, 2.45) is 5.92 Å². The molecular formula is C17H22N2O4. The molecule has 1 fully saturated rings. The summed E-state index contributed by atoms with van der Waals surface area (Å²) >= 11 is 0. The van der Waals surface area contributed by atoms with E-state index in [0.29, 0.717) is 37.8 Å². The van der Waals surface area contributed by atoms with Crippen LogP contribution in [-0.4, -0.2) is 28.9 Å². The van der Waals surface area contributed by atoms with Gasteiger partial charge in [0.1, 0.15) is 0 Å². The van der Waals surface area contributed by atoms with Crippen LogP contribution in [0.5, 0.6) is 0 Å². The molecule has 1 saturated carbocycles. The number of carbonyl (C=O) groups is 3. The van der Waals surface area contributed by atoms with Crippen molar-refractivity contribution in [3.05, 3.63) is 35.4 Å². The lowest BCUT2D eigenvalue weighted by Crippen LogP contribution is -2.38. The molecular weight excluding hydrogens is 296 g/mol. The van der Waals surface area contributed by atoms with Gasteiger partial charge in [-0.25, -0.2) is 0 Å². The zero-order chi connectivity index (χ0) is 16.8. The van der Waals surface area contributed by atoms with Crippen LogP contribution in [0.3, 0.4) is 0 Å². The van der Waals surface area contributed by atoms with Crippen LogP contribution in [0, 0.1) is 5.92 Å². The minimum absolute atomic E-state index is 0.0390. The van der Waals surface area contributed by atoms with Gasteiger partial charge in [0, 0.05) is 25.1 Å². The van der Waals surface area contributed by atoms with Gasteiger partial charge in [-0.3, -0.25) is 14.4 Å². The Morgan fingerprint density at radius 2 is 1.70 bits per heavy atom. The summed E-state index contributed by atoms with van der Waals surface area (Å²) in [5, 5.41) is 14.6. The molecule has 124 valence electrons. The van der Waals surface area contributed by atoms with Gasteiger partial charge in [-0.05, 0) is 43.4 Å². The summed E-state index contributed by atoms with van der Waals surface area (Å²) in [5.41, 5.74) is 1.50. The first-order valence-electron chi connectivity index (χ1n) is 7.82. The Kier molecular flexibility index (Phi) is 5.73. The Labute approximate surface area is 135 Å². The molecule has 6 nitrogen and oxygen atoms in total. The van der Waals surface area contributed by atoms with Crippen LogP contribution < -0.4 is 10.6 Å². The summed E-state index contributed by atoms with van der Waals surface area (Å²) in [6.07, 6.45) is 2.61. The third kappa shape index (κ3) is 5.09. The topological polar surface area (TPSA) is 95.5 Å². The van der Waals surface area contributed by atoms with E-state index in [1.54, 1.807) is 12.1 Å². The highest BCUT2D eigenvalue weighted by Crippen LogP contribution is 2.24. The summed E-state index contributed by atoms with van der Waals surface area (Å²) in [7, 11) is 0. The first-order chi connectivity index (χ1) is 11.0. The molecule has 0 atom stereocenters. The van der Waals surface area contributed by atoms with E-state index in [9.17, 15) is 14.4 Å². The minimum atomic E-state index is -0.746. The summed E-state index contributed by atoms with van der Waals surface area (Å²) in [4.78, 5) is 34.0. The van der Waals surface area contributed by atoms with Crippen molar-refractivity contribution in [1.29, 1.82) is 0 Å². The predicted molar refractivity (Wildman–Crippen MR) is 84.8 cm³/mol. The summed E-state index contributed by atoms with van der Waals surface area (Å²) in [5.74, 6) is -1.26. The van der Waals surface area contributed by atoms with Crippen molar-refractivity contribution in [2.75, 3.05) is 0 Å². The van der Waals surface area contributed by atoms with Gasteiger partial charge in [-0.15, -0.1) is 0 Å². The van der Waals surface area contributed by atoms with Crippen molar-refractivity contribution in [2.45, 2.75) is 45.2 Å². The monoisotopic (exact) mass is 318 g/mol. The number of aliphatic carboxylic acids is 1. The van der Waals surface area contributed by atoms with Gasteiger partial charge >= 0.3 is 5.97 Å². The molecule has 2 rings (SSSR count). The van der Waals surface area contributed by atoms with Crippen LogP contribution in [0.2, 0.25) is 0 Å². The Balaban J connectivity index is 1.84. The number of carboxylic acids is 1. The number of hydrogen-bond donors (Lipinski definition) is 3. The van der Waals surface area contributed by atoms with Crippen LogP contribution in [-0.2, 0) is 16.1 Å². The largest absolute Gasteiger partial charge is 0.481 e. The van der Waals surface area contributed by atoms with Gasteiger partial charge in [0.05, 0.1) is 5.92 Å². The molecule has 3 N–H and O–H groups in total. The molecule has 0 spiro atoms. The van der Waals surface area contributed by atoms with Crippen molar-refractivity contribution in [1.82, 2.24) is 10.6 Å². The summed E-state index contributed by atoms with van der Waals surface area (Å²) < 4.78 is 0. The molecule has 1 aliphatic rings. The summed E-state index contributed by atoms with van der Waals surface area (Å²) in [6.45, 7) is 1.90. The molecule has 1 aliphatic carbocycles. The number of rotatable bonds is 5. The molecule has 23 heavy (non-hydrogen) atoms. The lowest BCUT2D eigenvalue weighted by Gasteiger charge is -2.26. The molecule has 0 aromatic heterocycles. The molecule has 6 heteroatoms. The number of benzene rings is 1. The van der Waals surface area contributed by atoms with Crippen LogP contribution in [0.1, 0.15) is 48.5 Å². The molecule has 0 saturated heterocycles. The number of amides is 2. The highest BCUT2D eigenvalue weighted by Gasteiger charge is 2.26. The Bertz CT molecular complexity index is 575. The molecule has 0 bridgehead atoms. The van der Waals surface area contributed by atoms with Crippen LogP contribution in [0.25, 0.3) is 0 Å². The Morgan fingerprint density at radius 3 is 2.22 bits per heavy atom. The smallest absolute Gasteiger partial charge is 0.306 e. The van der Waals surface area contributed by atoms with Crippen molar-refractivity contribution >= 4 is 17.8 Å². The van der Waals surface area contributed by atoms with E-state index in [4.69, 9.17) is 5.11 Å². The van der Waals surface area contributed by atoms with Gasteiger partial charge in [0.15, 0.2) is 0 Å². The van der Waals surface area contributed by atoms with Crippen LogP contribution >= 0.6 is 0 Å². The molecule has 2 amide bonds. The highest BCUT2D eigenvalue weighted by molar-refractivity contribution is 5.94. The lowest BCUT2D eigenvalue weighted by molar-refractivity contribution is -0.142. The fourth-order valence-corrected chi connectivity index (χ4v) is 2.75. The number of nitrogens with one attached hydrogen (secondary N) is 2. The maximum atomic E-state index is 12.2. The third-order valence-electron chi connectivity index (χ3n) is 4.17. The predicted octanol–water partition coefficient (Wildman–Crippen LogP) is 1.70. The SMILES string of the molecule is CC(=O)NCc1ccc(C(=O)NC2CCC(C(=O)O)CC2)cc1. The first-order valence-corrected chi connectivity index (χ1v) is 7.82. The highest BCUT2D eigenvalue weighted by atomic mass is 16.4. The molecule has 0 unspecified atom stereocenters. The second kappa shape index (κ2) is 7.76. The van der Waals surface area contributed by atoms with E-state index in [1.807, 2.05) is 12.1 Å². The molecule has 0 radical (unpaired) electrons. The van der Waals surface area contributed by atoms with Gasteiger partial charge in [-0.2, -0.15) is 0 Å². The minimum Gasteiger partial charge on any atom is -0.481 e. The fraction of sp³-hybridized carbons (Fsp3) is 0.471. The molecule has 1 aromatic rings. The number of carbonyl (C=O) groups excluding carboxylic acids is 2. The van der Waals surface area contributed by atoms with E-state index in [0.717, 1.165) is 5.56 Å². The zero-order valence-corrected chi connectivity index (χ0v) is 13.2. The van der Waals surface area contributed by atoms with E-state index in [1.165, 1.54) is 6.92 Å². The van der Waals surface area contributed by atoms with Crippen LogP contribution in [0.4, 0.5) is 0 Å². The zero-order valence-electron chi connectivity index (χ0n) is 13.2. The Morgan fingerprint density at radius 1 is 1.09 bits per heavy atom. The average molecular weight is 318 g/mol. The quantitative estimate of drug-likeness (QED) is 0.770. The molecule has 0 heterocycles. The van der Waals surface area contributed by atoms with Crippen molar-refractivity contribution in [3.8, 4) is 0 Å². The normalized spacial score (nSPS) is 20.6. The fourth-order valence-electron chi connectivity index (χ4n) is 2.75. The van der Waals surface area contributed by atoms with E-state index >= 15 is 0 Å². The Hall–Kier alpha value is -2.37. The summed E-state index contributed by atoms with van der Waals surface area (Å²) in [6, 6.07) is 7.13. The van der Waals surface area contributed by atoms with Crippen molar-refractivity contribution in [3.63, 3.8) is 0 Å². The van der Waals surface area contributed by atoms with Crippen molar-refractivity contribution < 1.29 is 19.5 Å². The van der Waals surface area contributed by atoms with Gasteiger partial charge in [0.25, 0.3) is 5.91 Å². The maximum absolute atomic E-state index is 12.2. The first kappa shape index (κ1) is 17.0. The number of hydrogen-bond acceptors (Lipinski definition) is 3. The second-order valence-corrected chi connectivity index (χ2v) is 5.97. The second-order valence-electron chi connectivity index (χ2n) is 5.97. The molecule has 1 aromatic carbocycles.